The number of fused-ring (bicyclic) bond motifs is 4. The quantitative estimate of drug-likeness (QED) is 0.488. The highest BCUT2D eigenvalue weighted by Crippen LogP contribution is 2.58. The van der Waals surface area contributed by atoms with E-state index in [9.17, 15) is 9.50 Å². The molecule has 1 aromatic carbocycles. The molecule has 7 nitrogen and oxygen atoms in total. The molecule has 3 aromatic heterocycles. The van der Waals surface area contributed by atoms with Crippen molar-refractivity contribution in [3.63, 3.8) is 0 Å². The van der Waals surface area contributed by atoms with Crippen LogP contribution in [0.2, 0.25) is 0 Å². The number of nitrogens with zero attached hydrogens (tertiary/aromatic N) is 5. The highest BCUT2D eigenvalue weighted by Gasteiger charge is 2.54. The number of benzene rings is 1. The molecular weight excluding hydrogens is 421 g/mol. The number of aliphatic hydroxyl groups is 1. The number of rotatable bonds is 4. The van der Waals surface area contributed by atoms with E-state index in [1.807, 2.05) is 18.3 Å². The average molecular weight is 448 g/mol. The van der Waals surface area contributed by atoms with Crippen molar-refractivity contribution >= 4 is 5.65 Å². The van der Waals surface area contributed by atoms with Crippen LogP contribution in [0.15, 0.2) is 47.1 Å². The third kappa shape index (κ3) is 3.11. The summed E-state index contributed by atoms with van der Waals surface area (Å²) in [6.45, 7) is 3.55. The van der Waals surface area contributed by atoms with Gasteiger partial charge in [-0.25, -0.2) is 4.39 Å². The largest absolute Gasteiger partial charge is 0.386 e. The molecule has 0 aliphatic heterocycles. The first-order chi connectivity index (χ1) is 15.8. The average Bonchev–Trinajstić information content (AvgIpc) is 3.48. The van der Waals surface area contributed by atoms with Crippen molar-refractivity contribution in [2.45, 2.75) is 68.8 Å². The third-order valence-corrected chi connectivity index (χ3v) is 7.80. The van der Waals surface area contributed by atoms with Crippen molar-refractivity contribution in [2.24, 2.45) is 0 Å². The molecule has 170 valence electrons. The molecule has 8 heteroatoms. The van der Waals surface area contributed by atoms with Crippen LogP contribution >= 0.6 is 0 Å². The number of pyridine rings is 1. The zero-order valence-corrected chi connectivity index (χ0v) is 18.8. The van der Waals surface area contributed by atoms with Crippen molar-refractivity contribution in [1.82, 2.24) is 24.7 Å². The molecule has 3 fully saturated rings. The van der Waals surface area contributed by atoms with Crippen LogP contribution in [0.4, 0.5) is 4.39 Å². The Morgan fingerprint density at radius 1 is 0.970 bits per heavy atom. The van der Waals surface area contributed by atoms with Gasteiger partial charge in [-0.05, 0) is 82.7 Å². The van der Waals surface area contributed by atoms with Gasteiger partial charge in [0.05, 0.1) is 5.60 Å². The van der Waals surface area contributed by atoms with E-state index in [-0.39, 0.29) is 16.6 Å². The van der Waals surface area contributed by atoms with Gasteiger partial charge in [-0.15, -0.1) is 10.2 Å². The Morgan fingerprint density at radius 2 is 1.64 bits per heavy atom. The van der Waals surface area contributed by atoms with Crippen LogP contribution in [0.3, 0.4) is 0 Å². The summed E-state index contributed by atoms with van der Waals surface area (Å²) >= 11 is 0. The van der Waals surface area contributed by atoms with Crippen LogP contribution in [0.25, 0.3) is 17.0 Å². The van der Waals surface area contributed by atoms with Gasteiger partial charge in [-0.3, -0.25) is 4.40 Å². The second-order valence-electron chi connectivity index (χ2n) is 10.2. The predicted octanol–water partition coefficient (Wildman–Crippen LogP) is 4.69. The fourth-order valence-corrected chi connectivity index (χ4v) is 5.75. The van der Waals surface area contributed by atoms with Crippen molar-refractivity contribution < 1.29 is 14.0 Å². The maximum Gasteiger partial charge on any atom is 0.233 e. The lowest BCUT2D eigenvalue weighted by molar-refractivity contribution is 0.0698. The van der Waals surface area contributed by atoms with Crippen LogP contribution < -0.4 is 0 Å². The minimum absolute atomic E-state index is 0.0425. The molecule has 0 saturated heterocycles. The van der Waals surface area contributed by atoms with Crippen LogP contribution in [0, 0.1) is 5.82 Å². The Labute approximate surface area is 190 Å². The normalized spacial score (nSPS) is 25.1. The number of aromatic nitrogens is 5. The molecule has 0 radical (unpaired) electrons. The van der Waals surface area contributed by atoms with Gasteiger partial charge in [0.1, 0.15) is 11.6 Å². The van der Waals surface area contributed by atoms with Gasteiger partial charge in [-0.1, -0.05) is 11.2 Å². The smallest absolute Gasteiger partial charge is 0.233 e. The first-order valence-corrected chi connectivity index (χ1v) is 11.5. The molecule has 3 heterocycles. The van der Waals surface area contributed by atoms with E-state index in [0.29, 0.717) is 11.7 Å². The molecule has 0 unspecified atom stereocenters. The molecule has 2 bridgehead atoms. The summed E-state index contributed by atoms with van der Waals surface area (Å²) in [6, 6.07) is 10.0. The van der Waals surface area contributed by atoms with E-state index in [2.05, 4.69) is 19.8 Å². The lowest BCUT2D eigenvalue weighted by Crippen LogP contribution is -2.47. The van der Waals surface area contributed by atoms with Gasteiger partial charge < -0.3 is 9.63 Å². The van der Waals surface area contributed by atoms with E-state index in [4.69, 9.17) is 9.51 Å². The molecule has 0 atom stereocenters. The lowest BCUT2D eigenvalue weighted by Gasteiger charge is -2.50. The zero-order valence-electron chi connectivity index (χ0n) is 18.8. The van der Waals surface area contributed by atoms with E-state index < -0.39 is 5.60 Å². The van der Waals surface area contributed by atoms with Crippen LogP contribution in [0.5, 0.6) is 0 Å². The Morgan fingerprint density at radius 3 is 2.30 bits per heavy atom. The molecular formula is C25H26FN5O2. The standard InChI is InChI=1S/C25H26FN5O2/c1-23(2,32)18-4-3-15-31-20(18)28-29-21(31)24-9-12-25(13-10-24,14-11-24)22-27-19(30-33-22)16-5-7-17(26)8-6-16/h3-8,15,32H,9-14H2,1-2H3. The number of hydrogen-bond acceptors (Lipinski definition) is 6. The second kappa shape index (κ2) is 6.93. The van der Waals surface area contributed by atoms with E-state index in [1.165, 1.54) is 12.1 Å². The minimum Gasteiger partial charge on any atom is -0.386 e. The van der Waals surface area contributed by atoms with Gasteiger partial charge in [-0.2, -0.15) is 4.98 Å². The SMILES string of the molecule is CC(C)(O)c1cccn2c(C34CCC(c5nc(-c6ccc(F)cc6)no5)(CC3)CC4)nnc12. The summed E-state index contributed by atoms with van der Waals surface area (Å²) in [4.78, 5) is 4.71. The topological polar surface area (TPSA) is 89.3 Å². The third-order valence-electron chi connectivity index (χ3n) is 7.80. The van der Waals surface area contributed by atoms with Crippen molar-refractivity contribution in [1.29, 1.82) is 0 Å². The fraction of sp³-hybridized carbons (Fsp3) is 0.440. The lowest BCUT2D eigenvalue weighted by atomic mass is 9.53. The molecule has 3 aliphatic rings. The first kappa shape index (κ1) is 20.5. The summed E-state index contributed by atoms with van der Waals surface area (Å²) in [7, 11) is 0. The molecule has 0 amide bonds. The Bertz CT molecular complexity index is 1310. The van der Waals surface area contributed by atoms with Gasteiger partial charge in [0.25, 0.3) is 0 Å². The zero-order chi connectivity index (χ0) is 22.8. The number of halogens is 1. The molecule has 0 spiro atoms. The summed E-state index contributed by atoms with van der Waals surface area (Å²) in [5, 5.41) is 23.9. The molecule has 4 aromatic rings. The Kier molecular flexibility index (Phi) is 4.30. The van der Waals surface area contributed by atoms with Crippen LogP contribution in [0.1, 0.15) is 69.7 Å². The summed E-state index contributed by atoms with van der Waals surface area (Å²) in [5.74, 6) is 1.89. The fourth-order valence-electron chi connectivity index (χ4n) is 5.75. The monoisotopic (exact) mass is 447 g/mol. The van der Waals surface area contributed by atoms with Gasteiger partial charge in [0.15, 0.2) is 5.65 Å². The summed E-state index contributed by atoms with van der Waals surface area (Å²) in [5.41, 5.74) is 1.10. The maximum absolute atomic E-state index is 13.3. The van der Waals surface area contributed by atoms with Crippen molar-refractivity contribution in [3.8, 4) is 11.4 Å². The van der Waals surface area contributed by atoms with Crippen molar-refractivity contribution in [3.05, 3.63) is 65.7 Å². The molecule has 1 N–H and O–H groups in total. The van der Waals surface area contributed by atoms with E-state index in [1.54, 1.807) is 26.0 Å². The predicted molar refractivity (Wildman–Crippen MR) is 119 cm³/mol. The van der Waals surface area contributed by atoms with E-state index in [0.717, 1.165) is 61.1 Å². The van der Waals surface area contributed by atoms with Gasteiger partial charge >= 0.3 is 0 Å². The van der Waals surface area contributed by atoms with Gasteiger partial charge in [0.2, 0.25) is 11.7 Å². The van der Waals surface area contributed by atoms with Crippen molar-refractivity contribution in [2.75, 3.05) is 0 Å². The van der Waals surface area contributed by atoms with Crippen LogP contribution in [-0.2, 0) is 16.4 Å². The Hall–Kier alpha value is -3.13. The molecule has 33 heavy (non-hydrogen) atoms. The molecule has 7 rings (SSSR count). The summed E-state index contributed by atoms with van der Waals surface area (Å²) < 4.78 is 21.1. The first-order valence-electron chi connectivity index (χ1n) is 11.5. The van der Waals surface area contributed by atoms with Gasteiger partial charge in [0, 0.05) is 28.2 Å². The highest BCUT2D eigenvalue weighted by molar-refractivity contribution is 5.54. The summed E-state index contributed by atoms with van der Waals surface area (Å²) in [6.07, 6.45) is 7.73. The molecule has 3 aliphatic carbocycles. The maximum atomic E-state index is 13.3. The highest BCUT2D eigenvalue weighted by atomic mass is 19.1. The van der Waals surface area contributed by atoms with Crippen LogP contribution in [-0.4, -0.2) is 29.8 Å². The minimum atomic E-state index is -0.987. The molecule has 3 saturated carbocycles. The number of hydrogen-bond donors (Lipinski definition) is 1. The second-order valence-corrected chi connectivity index (χ2v) is 10.2. The van der Waals surface area contributed by atoms with E-state index >= 15 is 0 Å². The Balaban J connectivity index is 1.29.